The van der Waals surface area contributed by atoms with Crippen LogP contribution in [0.4, 0.5) is 11.6 Å². The van der Waals surface area contributed by atoms with E-state index in [-0.39, 0.29) is 5.56 Å². The monoisotopic (exact) mass is 290 g/mol. The lowest BCUT2D eigenvalue weighted by molar-refractivity contribution is 0.204. The Hall–Kier alpha value is -2.08. The molecule has 2 rings (SSSR count). The number of rotatable bonds is 6. The topological polar surface area (TPSA) is 84.2 Å². The Kier molecular flexibility index (Phi) is 4.80. The van der Waals surface area contributed by atoms with E-state index in [1.165, 1.54) is 0 Å². The van der Waals surface area contributed by atoms with Crippen molar-refractivity contribution in [3.63, 3.8) is 0 Å². The zero-order valence-electron chi connectivity index (χ0n) is 12.7. The number of hydrogen-bond acceptors (Lipinski definition) is 5. The highest BCUT2D eigenvalue weighted by Crippen LogP contribution is 2.15. The van der Waals surface area contributed by atoms with Crippen molar-refractivity contribution in [2.75, 3.05) is 37.4 Å². The van der Waals surface area contributed by atoms with Gasteiger partial charge in [-0.25, -0.2) is 4.98 Å². The van der Waals surface area contributed by atoms with Crippen molar-refractivity contribution in [2.24, 2.45) is 5.92 Å². The molecular weight excluding hydrogens is 268 g/mol. The van der Waals surface area contributed by atoms with E-state index in [1.54, 1.807) is 25.3 Å². The molecular formula is C15H22N4O2. The van der Waals surface area contributed by atoms with Crippen LogP contribution in [0.5, 0.6) is 0 Å². The zero-order valence-corrected chi connectivity index (χ0v) is 12.7. The molecule has 0 saturated carbocycles. The van der Waals surface area contributed by atoms with Gasteiger partial charge in [0.05, 0.1) is 17.5 Å². The fraction of sp³-hybridized carbons (Fsp3) is 0.467. The number of anilines is 2. The first-order valence-corrected chi connectivity index (χ1v) is 7.04. The molecule has 0 aliphatic carbocycles. The number of H-pyrrole nitrogens is 1. The average Bonchev–Trinajstić information content (AvgIpc) is 2.43. The third kappa shape index (κ3) is 3.72. The molecule has 0 bridgehead atoms. The van der Waals surface area contributed by atoms with Gasteiger partial charge in [0.2, 0.25) is 5.95 Å². The maximum Gasteiger partial charge on any atom is 0.260 e. The third-order valence-corrected chi connectivity index (χ3v) is 3.17. The summed E-state index contributed by atoms with van der Waals surface area (Å²) in [7, 11) is 1.66. The molecule has 3 N–H and O–H groups in total. The van der Waals surface area contributed by atoms with Gasteiger partial charge in [0.25, 0.3) is 5.56 Å². The number of hydrogen-bond donors (Lipinski definition) is 2. The molecule has 21 heavy (non-hydrogen) atoms. The third-order valence-electron chi connectivity index (χ3n) is 3.17. The fourth-order valence-electron chi connectivity index (χ4n) is 2.22. The molecule has 0 aliphatic heterocycles. The van der Waals surface area contributed by atoms with Crippen molar-refractivity contribution in [1.29, 1.82) is 0 Å². The van der Waals surface area contributed by atoms with Gasteiger partial charge in [0.1, 0.15) is 0 Å². The van der Waals surface area contributed by atoms with Gasteiger partial charge in [0.15, 0.2) is 0 Å². The molecule has 0 atom stereocenters. The number of ether oxygens (including phenoxy) is 1. The van der Waals surface area contributed by atoms with Crippen LogP contribution in [0, 0.1) is 5.92 Å². The number of methoxy groups -OCH3 is 1. The summed E-state index contributed by atoms with van der Waals surface area (Å²) in [4.78, 5) is 21.6. The normalized spacial score (nSPS) is 11.2. The number of aromatic nitrogens is 2. The highest BCUT2D eigenvalue weighted by Gasteiger charge is 2.13. The van der Waals surface area contributed by atoms with Gasteiger partial charge in [-0.2, -0.15) is 0 Å². The molecule has 6 heteroatoms. The summed E-state index contributed by atoms with van der Waals surface area (Å²) >= 11 is 0. The minimum absolute atomic E-state index is 0.173. The Labute approximate surface area is 123 Å². The van der Waals surface area contributed by atoms with Crippen LogP contribution in [0.25, 0.3) is 10.9 Å². The average molecular weight is 290 g/mol. The van der Waals surface area contributed by atoms with Crippen molar-refractivity contribution in [3.05, 3.63) is 28.6 Å². The van der Waals surface area contributed by atoms with Gasteiger partial charge in [-0.1, -0.05) is 13.8 Å². The lowest BCUT2D eigenvalue weighted by atomic mass is 10.2. The van der Waals surface area contributed by atoms with Crippen LogP contribution in [0.2, 0.25) is 0 Å². The Balaban J connectivity index is 2.42. The van der Waals surface area contributed by atoms with Gasteiger partial charge >= 0.3 is 0 Å². The summed E-state index contributed by atoms with van der Waals surface area (Å²) < 4.78 is 5.13. The van der Waals surface area contributed by atoms with Crippen molar-refractivity contribution < 1.29 is 4.74 Å². The van der Waals surface area contributed by atoms with Crippen LogP contribution in [-0.2, 0) is 4.74 Å². The summed E-state index contributed by atoms with van der Waals surface area (Å²) in [5, 5.41) is 0.509. The smallest absolute Gasteiger partial charge is 0.260 e. The minimum atomic E-state index is -0.173. The predicted octanol–water partition coefficient (Wildman–Crippen LogP) is 1.61. The number of nitrogens with zero attached hydrogens (tertiary/aromatic N) is 2. The first kappa shape index (κ1) is 15.3. The second-order valence-corrected chi connectivity index (χ2v) is 5.50. The van der Waals surface area contributed by atoms with Crippen LogP contribution < -0.4 is 16.2 Å². The second-order valence-electron chi connectivity index (χ2n) is 5.50. The van der Waals surface area contributed by atoms with Crippen LogP contribution in [0.15, 0.2) is 23.0 Å². The largest absolute Gasteiger partial charge is 0.399 e. The summed E-state index contributed by atoms with van der Waals surface area (Å²) in [6.45, 7) is 6.31. The number of nitrogen functional groups attached to an aromatic ring is 1. The van der Waals surface area contributed by atoms with E-state index in [4.69, 9.17) is 10.5 Å². The molecule has 0 saturated heterocycles. The number of aromatic amines is 1. The maximum atomic E-state index is 12.2. The van der Waals surface area contributed by atoms with Crippen molar-refractivity contribution in [3.8, 4) is 0 Å². The molecule has 2 aromatic rings. The molecule has 0 fully saturated rings. The van der Waals surface area contributed by atoms with Crippen molar-refractivity contribution >= 4 is 22.5 Å². The molecule has 6 nitrogen and oxygen atoms in total. The van der Waals surface area contributed by atoms with E-state index in [1.807, 2.05) is 4.90 Å². The van der Waals surface area contributed by atoms with E-state index in [2.05, 4.69) is 23.8 Å². The molecule has 0 radical (unpaired) electrons. The molecule has 114 valence electrons. The number of nitrogens with one attached hydrogen (secondary N) is 1. The fourth-order valence-corrected chi connectivity index (χ4v) is 2.22. The van der Waals surface area contributed by atoms with Crippen LogP contribution in [-0.4, -0.2) is 36.8 Å². The lowest BCUT2D eigenvalue weighted by Gasteiger charge is -2.24. The molecule has 1 aromatic heterocycles. The molecule has 1 heterocycles. The Morgan fingerprint density at radius 1 is 1.43 bits per heavy atom. The highest BCUT2D eigenvalue weighted by molar-refractivity contribution is 5.81. The quantitative estimate of drug-likeness (QED) is 0.790. The van der Waals surface area contributed by atoms with Crippen molar-refractivity contribution in [2.45, 2.75) is 13.8 Å². The minimum Gasteiger partial charge on any atom is -0.399 e. The Morgan fingerprint density at radius 3 is 2.86 bits per heavy atom. The van der Waals surface area contributed by atoms with E-state index in [9.17, 15) is 4.79 Å². The Bertz CT molecular complexity index is 666. The summed E-state index contributed by atoms with van der Waals surface area (Å²) in [6, 6.07) is 5.17. The Morgan fingerprint density at radius 2 is 2.19 bits per heavy atom. The van der Waals surface area contributed by atoms with Crippen LogP contribution in [0.1, 0.15) is 13.8 Å². The summed E-state index contributed by atoms with van der Waals surface area (Å²) in [6.07, 6.45) is 0. The van der Waals surface area contributed by atoms with Gasteiger partial charge in [-0.15, -0.1) is 0 Å². The molecule has 0 aliphatic rings. The first-order chi connectivity index (χ1) is 10.0. The standard InChI is InChI=1S/C15H22N4O2/c1-10(2)9-19(6-7-21-3)15-17-13-5-4-11(16)8-12(13)14(20)18-15/h4-5,8,10H,6-7,9,16H2,1-3H3,(H,17,18,20). The molecule has 0 spiro atoms. The lowest BCUT2D eigenvalue weighted by Crippen LogP contribution is -2.33. The number of nitrogens with two attached hydrogens (primary N) is 1. The second kappa shape index (κ2) is 6.58. The van der Waals surface area contributed by atoms with Crippen molar-refractivity contribution in [1.82, 2.24) is 9.97 Å². The maximum absolute atomic E-state index is 12.2. The van der Waals surface area contributed by atoms with Crippen LogP contribution in [0.3, 0.4) is 0 Å². The van der Waals surface area contributed by atoms with E-state index >= 15 is 0 Å². The van der Waals surface area contributed by atoms with E-state index in [0.717, 1.165) is 6.54 Å². The van der Waals surface area contributed by atoms with Gasteiger partial charge < -0.3 is 15.4 Å². The zero-order chi connectivity index (χ0) is 15.4. The summed E-state index contributed by atoms with van der Waals surface area (Å²) in [5.74, 6) is 1.03. The van der Waals surface area contributed by atoms with Gasteiger partial charge in [-0.05, 0) is 24.1 Å². The number of fused-ring (bicyclic) bond motifs is 1. The van der Waals surface area contributed by atoms with Crippen LogP contribution >= 0.6 is 0 Å². The first-order valence-electron chi connectivity index (χ1n) is 7.04. The SMILES string of the molecule is COCCN(CC(C)C)c1nc2ccc(N)cc2c(=O)[nH]1. The highest BCUT2D eigenvalue weighted by atomic mass is 16.5. The molecule has 0 amide bonds. The van der Waals surface area contributed by atoms with E-state index < -0.39 is 0 Å². The van der Waals surface area contributed by atoms with E-state index in [0.29, 0.717) is 41.6 Å². The molecule has 1 aromatic carbocycles. The molecule has 0 unspecified atom stereocenters. The van der Waals surface area contributed by atoms with Gasteiger partial charge in [-0.3, -0.25) is 9.78 Å². The number of benzene rings is 1. The summed E-state index contributed by atoms with van der Waals surface area (Å²) in [5.41, 5.74) is 6.75. The van der Waals surface area contributed by atoms with Gasteiger partial charge in [0, 0.05) is 25.9 Å². The predicted molar refractivity (Wildman–Crippen MR) is 85.7 cm³/mol.